The zero-order valence-corrected chi connectivity index (χ0v) is 22.5. The first-order valence-corrected chi connectivity index (χ1v) is 13.3. The maximum Gasteiger partial charge on any atom is 0.309 e. The van der Waals surface area contributed by atoms with Gasteiger partial charge >= 0.3 is 5.97 Å². The average molecular weight is 502 g/mol. The number of ketones is 1. The Morgan fingerprint density at radius 3 is 2.57 bits per heavy atom. The van der Waals surface area contributed by atoms with Gasteiger partial charge in [-0.1, -0.05) is 45.4 Å². The Balaban J connectivity index is 1.91. The molecule has 2 aromatic rings. The van der Waals surface area contributed by atoms with Gasteiger partial charge in [0.15, 0.2) is 0 Å². The summed E-state index contributed by atoms with van der Waals surface area (Å²) in [7, 11) is 0. The second-order valence-electron chi connectivity index (χ2n) is 10.7. The average Bonchev–Trinajstić information content (AvgIpc) is 3.18. The second-order valence-corrected chi connectivity index (χ2v) is 11.9. The lowest BCUT2D eigenvalue weighted by Gasteiger charge is -2.34. The van der Waals surface area contributed by atoms with Gasteiger partial charge in [0.25, 0.3) is 0 Å². The third-order valence-corrected chi connectivity index (χ3v) is 8.35. The number of carbonyl (C=O) groups is 2. The van der Waals surface area contributed by atoms with Gasteiger partial charge in [-0.15, -0.1) is 11.3 Å². The Kier molecular flexibility index (Phi) is 8.89. The molecule has 7 heteroatoms. The quantitative estimate of drug-likeness (QED) is 0.385. The molecule has 0 amide bonds. The number of rotatable bonds is 1. The Morgan fingerprint density at radius 2 is 1.86 bits per heavy atom. The predicted octanol–water partition coefficient (Wildman–Crippen LogP) is 5.69. The van der Waals surface area contributed by atoms with Gasteiger partial charge in [-0.3, -0.25) is 9.59 Å². The molecule has 0 bridgehead atoms. The SMILES string of the molecule is C/C1=C/C[C@@H](c2ccc3nc(C)sc3c2)OC(=O)C[C@@H](O)C(C)(C)C(=O)[C@H](C)[C@@H](O)[C@H](C)CCC1. The molecule has 0 aliphatic carbocycles. The van der Waals surface area contributed by atoms with Gasteiger partial charge in [-0.25, -0.2) is 4.98 Å². The molecular formula is C28H39NO5S. The number of aliphatic hydroxyl groups excluding tert-OH is 2. The van der Waals surface area contributed by atoms with Gasteiger partial charge in [0.05, 0.1) is 39.3 Å². The van der Waals surface area contributed by atoms with Crippen LogP contribution in [0.15, 0.2) is 29.8 Å². The number of esters is 1. The molecule has 1 aliphatic heterocycles. The van der Waals surface area contributed by atoms with E-state index < -0.39 is 35.6 Å². The summed E-state index contributed by atoms with van der Waals surface area (Å²) < 4.78 is 6.92. The van der Waals surface area contributed by atoms with Crippen molar-refractivity contribution < 1.29 is 24.5 Å². The Bertz CT molecular complexity index is 1090. The first kappa shape index (κ1) is 27.5. The summed E-state index contributed by atoms with van der Waals surface area (Å²) >= 11 is 1.60. The number of ether oxygens (including phenoxy) is 1. The van der Waals surface area contributed by atoms with E-state index in [2.05, 4.69) is 18.0 Å². The third kappa shape index (κ3) is 6.57. The van der Waals surface area contributed by atoms with Crippen molar-refractivity contribution in [1.29, 1.82) is 0 Å². The van der Waals surface area contributed by atoms with Crippen molar-refractivity contribution in [3.05, 3.63) is 40.4 Å². The van der Waals surface area contributed by atoms with Crippen LogP contribution in [0.5, 0.6) is 0 Å². The number of aliphatic hydroxyl groups is 2. The third-order valence-electron chi connectivity index (χ3n) is 7.41. The molecule has 3 rings (SSSR count). The summed E-state index contributed by atoms with van der Waals surface area (Å²) in [6, 6.07) is 5.91. The zero-order chi connectivity index (χ0) is 25.9. The van der Waals surface area contributed by atoms with E-state index in [1.165, 1.54) is 5.57 Å². The summed E-state index contributed by atoms with van der Waals surface area (Å²) in [4.78, 5) is 30.7. The Hall–Kier alpha value is -2.09. The monoisotopic (exact) mass is 501 g/mol. The zero-order valence-electron chi connectivity index (χ0n) is 21.7. The van der Waals surface area contributed by atoms with E-state index in [1.807, 2.05) is 32.0 Å². The number of cyclic esters (lactones) is 1. The number of carbonyl (C=O) groups excluding carboxylic acids is 2. The molecule has 0 saturated heterocycles. The number of allylic oxidation sites excluding steroid dienone is 1. The number of aryl methyl sites for hydroxylation is 1. The molecule has 0 fully saturated rings. The number of Topliss-reactive ketones (excluding diaryl/α,β-unsaturated/α-hetero) is 1. The highest BCUT2D eigenvalue weighted by Gasteiger charge is 2.42. The van der Waals surface area contributed by atoms with E-state index in [0.717, 1.165) is 40.1 Å². The minimum Gasteiger partial charge on any atom is -0.457 e. The van der Waals surface area contributed by atoms with E-state index in [1.54, 1.807) is 32.1 Å². The minimum atomic E-state index is -1.22. The normalized spacial score (nSPS) is 31.1. The number of benzene rings is 1. The summed E-state index contributed by atoms with van der Waals surface area (Å²) in [6.07, 6.45) is 2.39. The summed E-state index contributed by atoms with van der Waals surface area (Å²) in [6.45, 7) is 11.0. The first-order valence-electron chi connectivity index (χ1n) is 12.5. The van der Waals surface area contributed by atoms with Crippen molar-refractivity contribution in [3.63, 3.8) is 0 Å². The predicted molar refractivity (Wildman–Crippen MR) is 139 cm³/mol. The minimum absolute atomic E-state index is 0.0464. The van der Waals surface area contributed by atoms with Crippen molar-refractivity contribution in [3.8, 4) is 0 Å². The number of hydrogen-bond donors (Lipinski definition) is 2. The second kappa shape index (κ2) is 11.3. The Morgan fingerprint density at radius 1 is 1.14 bits per heavy atom. The maximum absolute atomic E-state index is 13.2. The summed E-state index contributed by atoms with van der Waals surface area (Å²) in [5, 5.41) is 22.6. The van der Waals surface area contributed by atoms with E-state index in [4.69, 9.17) is 4.74 Å². The molecule has 2 N–H and O–H groups in total. The number of aromatic nitrogens is 1. The Labute approximate surface area is 212 Å². The van der Waals surface area contributed by atoms with Crippen molar-refractivity contribution in [2.45, 2.75) is 92.0 Å². The molecule has 0 spiro atoms. The van der Waals surface area contributed by atoms with E-state index in [0.29, 0.717) is 6.42 Å². The molecule has 1 aliphatic rings. The molecule has 2 heterocycles. The van der Waals surface area contributed by atoms with Crippen molar-refractivity contribution in [2.24, 2.45) is 17.3 Å². The van der Waals surface area contributed by atoms with Gasteiger partial charge in [0.2, 0.25) is 0 Å². The van der Waals surface area contributed by atoms with E-state index >= 15 is 0 Å². The molecule has 6 nitrogen and oxygen atoms in total. The highest BCUT2D eigenvalue weighted by atomic mass is 32.1. The van der Waals surface area contributed by atoms with Crippen LogP contribution in [0.3, 0.4) is 0 Å². The van der Waals surface area contributed by atoms with Gasteiger partial charge in [0.1, 0.15) is 11.9 Å². The lowest BCUT2D eigenvalue weighted by atomic mass is 9.73. The van der Waals surface area contributed by atoms with Crippen LogP contribution < -0.4 is 0 Å². The van der Waals surface area contributed by atoms with Gasteiger partial charge in [0, 0.05) is 12.3 Å². The van der Waals surface area contributed by atoms with Gasteiger partial charge < -0.3 is 14.9 Å². The van der Waals surface area contributed by atoms with E-state index in [-0.39, 0.29) is 18.1 Å². The van der Waals surface area contributed by atoms with E-state index in [9.17, 15) is 19.8 Å². The molecule has 0 radical (unpaired) electrons. The molecule has 35 heavy (non-hydrogen) atoms. The largest absolute Gasteiger partial charge is 0.457 e. The lowest BCUT2D eigenvalue weighted by Crippen LogP contribution is -2.45. The molecule has 0 saturated carbocycles. The van der Waals surface area contributed by atoms with Crippen LogP contribution in [0.4, 0.5) is 0 Å². The highest BCUT2D eigenvalue weighted by Crippen LogP contribution is 2.34. The van der Waals surface area contributed by atoms with Crippen LogP contribution in [0, 0.1) is 24.2 Å². The number of thiazole rings is 1. The van der Waals surface area contributed by atoms with Crippen LogP contribution in [0.25, 0.3) is 10.2 Å². The van der Waals surface area contributed by atoms with Crippen LogP contribution in [0.1, 0.15) is 83.4 Å². The lowest BCUT2D eigenvalue weighted by molar-refractivity contribution is -0.155. The molecule has 192 valence electrons. The molecule has 5 atom stereocenters. The smallest absolute Gasteiger partial charge is 0.309 e. The van der Waals surface area contributed by atoms with Crippen LogP contribution in [-0.2, 0) is 14.3 Å². The standard InChI is InChI=1S/C28H39NO5S/c1-16-8-7-9-17(2)26(32)18(3)27(33)28(5,6)24(30)15-25(31)34-22(13-10-16)20-11-12-21-23(14-20)35-19(4)29-21/h10-12,14,17-18,22,24,26,30,32H,7-9,13,15H2,1-6H3/b16-10-/t17-,18-,22+,24-,26+/m1/s1. The fourth-order valence-electron chi connectivity index (χ4n) is 4.81. The van der Waals surface area contributed by atoms with Crippen molar-refractivity contribution in [2.75, 3.05) is 0 Å². The summed E-state index contributed by atoms with van der Waals surface area (Å²) in [5.74, 6) is -1.49. The molecule has 1 aromatic carbocycles. The number of fused-ring (bicyclic) bond motifs is 1. The van der Waals surface area contributed by atoms with Crippen LogP contribution >= 0.6 is 11.3 Å². The molecule has 0 unspecified atom stereocenters. The fourth-order valence-corrected chi connectivity index (χ4v) is 5.69. The maximum atomic E-state index is 13.2. The topological polar surface area (TPSA) is 96.7 Å². The van der Waals surface area contributed by atoms with Crippen LogP contribution in [-0.4, -0.2) is 39.2 Å². The molecular weight excluding hydrogens is 462 g/mol. The first-order chi connectivity index (χ1) is 16.4. The van der Waals surface area contributed by atoms with Crippen LogP contribution in [0.2, 0.25) is 0 Å². The number of hydrogen-bond acceptors (Lipinski definition) is 7. The van der Waals surface area contributed by atoms with Crippen molar-refractivity contribution in [1.82, 2.24) is 4.98 Å². The highest BCUT2D eigenvalue weighted by molar-refractivity contribution is 7.18. The number of nitrogens with zero attached hydrogens (tertiary/aromatic N) is 1. The molecule has 1 aromatic heterocycles. The fraction of sp³-hybridized carbons (Fsp3) is 0.607. The van der Waals surface area contributed by atoms with Gasteiger partial charge in [-0.05, 0) is 56.7 Å². The van der Waals surface area contributed by atoms with Crippen molar-refractivity contribution >= 4 is 33.3 Å². The summed E-state index contributed by atoms with van der Waals surface area (Å²) in [5.41, 5.74) is 1.81. The van der Waals surface area contributed by atoms with Gasteiger partial charge in [-0.2, -0.15) is 0 Å².